The quantitative estimate of drug-likeness (QED) is 0.521. The SMILES string of the molecule is Cc1cc2c3ccncc3c(=O)n(C)c2cc1OCCCC(C)C. The maximum atomic E-state index is 12.6. The zero-order chi connectivity index (χ0) is 17.3. The predicted octanol–water partition coefficient (Wildman–Crippen LogP) is 4.21. The largest absolute Gasteiger partial charge is 0.493 e. The molecule has 0 radical (unpaired) electrons. The third kappa shape index (κ3) is 3.01. The Morgan fingerprint density at radius 3 is 2.75 bits per heavy atom. The van der Waals surface area contributed by atoms with E-state index in [-0.39, 0.29) is 5.56 Å². The van der Waals surface area contributed by atoms with Crippen molar-refractivity contribution in [2.75, 3.05) is 6.61 Å². The zero-order valence-electron chi connectivity index (χ0n) is 14.8. The summed E-state index contributed by atoms with van der Waals surface area (Å²) in [5.41, 5.74) is 1.95. The third-order valence-corrected chi connectivity index (χ3v) is 4.48. The number of hydrogen-bond donors (Lipinski definition) is 0. The number of rotatable bonds is 5. The lowest BCUT2D eigenvalue weighted by molar-refractivity contribution is 0.296. The molecule has 0 saturated carbocycles. The van der Waals surface area contributed by atoms with Crippen molar-refractivity contribution < 1.29 is 4.74 Å². The Balaban J connectivity index is 2.06. The van der Waals surface area contributed by atoms with Gasteiger partial charge in [0.15, 0.2) is 0 Å². The Hall–Kier alpha value is -2.36. The van der Waals surface area contributed by atoms with Gasteiger partial charge in [0.05, 0.1) is 17.5 Å². The molecule has 0 saturated heterocycles. The second-order valence-corrected chi connectivity index (χ2v) is 6.80. The van der Waals surface area contributed by atoms with Gasteiger partial charge < -0.3 is 9.30 Å². The van der Waals surface area contributed by atoms with E-state index in [0.717, 1.165) is 40.4 Å². The van der Waals surface area contributed by atoms with Crippen LogP contribution in [0.5, 0.6) is 5.75 Å². The van der Waals surface area contributed by atoms with Crippen LogP contribution in [0.25, 0.3) is 21.7 Å². The molecule has 0 aliphatic rings. The highest BCUT2D eigenvalue weighted by atomic mass is 16.5. The molecule has 3 rings (SSSR count). The van der Waals surface area contributed by atoms with Crippen molar-refractivity contribution in [2.24, 2.45) is 13.0 Å². The Kier molecular flexibility index (Phi) is 4.56. The molecule has 0 bridgehead atoms. The Labute approximate surface area is 142 Å². The minimum absolute atomic E-state index is 0.0276. The number of hydrogen-bond acceptors (Lipinski definition) is 3. The van der Waals surface area contributed by atoms with Crippen molar-refractivity contribution in [1.82, 2.24) is 9.55 Å². The molecule has 24 heavy (non-hydrogen) atoms. The van der Waals surface area contributed by atoms with E-state index in [9.17, 15) is 4.79 Å². The Morgan fingerprint density at radius 2 is 2.00 bits per heavy atom. The lowest BCUT2D eigenvalue weighted by Crippen LogP contribution is -2.17. The smallest absolute Gasteiger partial charge is 0.260 e. The minimum atomic E-state index is -0.0276. The molecule has 0 N–H and O–H groups in total. The Bertz CT molecular complexity index is 942. The van der Waals surface area contributed by atoms with Gasteiger partial charge in [0.2, 0.25) is 0 Å². The van der Waals surface area contributed by atoms with Gasteiger partial charge in [-0.2, -0.15) is 0 Å². The van der Waals surface area contributed by atoms with E-state index in [2.05, 4.69) is 31.8 Å². The molecule has 2 heterocycles. The van der Waals surface area contributed by atoms with Crippen molar-refractivity contribution >= 4 is 21.7 Å². The van der Waals surface area contributed by atoms with E-state index in [4.69, 9.17) is 4.74 Å². The average molecular weight is 324 g/mol. The summed E-state index contributed by atoms with van der Waals surface area (Å²) in [6, 6.07) is 6.00. The average Bonchev–Trinajstić information content (AvgIpc) is 2.57. The second-order valence-electron chi connectivity index (χ2n) is 6.80. The number of aryl methyl sites for hydroxylation is 2. The van der Waals surface area contributed by atoms with Crippen LogP contribution in [0.1, 0.15) is 32.3 Å². The molecule has 1 aromatic carbocycles. The molecule has 0 aliphatic heterocycles. The normalized spacial score (nSPS) is 11.5. The highest BCUT2D eigenvalue weighted by molar-refractivity contribution is 6.05. The van der Waals surface area contributed by atoms with E-state index in [1.807, 2.05) is 12.1 Å². The standard InChI is InChI=1S/C20H24N2O2/c1-13(2)6-5-9-24-19-11-18-16(10-14(19)3)15-7-8-21-12-17(15)20(23)22(18)4/h7-8,10-13H,5-6,9H2,1-4H3. The van der Waals surface area contributed by atoms with E-state index in [0.29, 0.717) is 17.9 Å². The van der Waals surface area contributed by atoms with Gasteiger partial charge in [-0.1, -0.05) is 13.8 Å². The summed E-state index contributed by atoms with van der Waals surface area (Å²) in [6.07, 6.45) is 5.57. The number of fused-ring (bicyclic) bond motifs is 3. The molecule has 4 nitrogen and oxygen atoms in total. The molecule has 0 amide bonds. The van der Waals surface area contributed by atoms with Gasteiger partial charge in [0, 0.05) is 30.9 Å². The van der Waals surface area contributed by atoms with Gasteiger partial charge in [-0.15, -0.1) is 0 Å². The second kappa shape index (κ2) is 6.63. The first-order valence-electron chi connectivity index (χ1n) is 8.49. The van der Waals surface area contributed by atoms with Crippen LogP contribution in [0.4, 0.5) is 0 Å². The van der Waals surface area contributed by atoms with Crippen LogP contribution in [0.15, 0.2) is 35.4 Å². The van der Waals surface area contributed by atoms with Crippen molar-refractivity contribution in [3.8, 4) is 5.75 Å². The number of ether oxygens (including phenoxy) is 1. The summed E-state index contributed by atoms with van der Waals surface area (Å²) in [7, 11) is 1.80. The van der Waals surface area contributed by atoms with Crippen LogP contribution in [-0.2, 0) is 7.05 Å². The molecular formula is C20H24N2O2. The van der Waals surface area contributed by atoms with Gasteiger partial charge >= 0.3 is 0 Å². The van der Waals surface area contributed by atoms with Crippen LogP contribution >= 0.6 is 0 Å². The van der Waals surface area contributed by atoms with Gasteiger partial charge in [-0.3, -0.25) is 9.78 Å². The number of aromatic nitrogens is 2. The van der Waals surface area contributed by atoms with Crippen LogP contribution in [0, 0.1) is 12.8 Å². The summed E-state index contributed by atoms with van der Waals surface area (Å²) in [6.45, 7) is 7.19. The number of benzene rings is 1. The molecule has 126 valence electrons. The topological polar surface area (TPSA) is 44.1 Å². The first-order chi connectivity index (χ1) is 11.5. The molecule has 0 aliphatic carbocycles. The molecule has 0 fully saturated rings. The van der Waals surface area contributed by atoms with E-state index in [1.165, 1.54) is 0 Å². The maximum absolute atomic E-state index is 12.6. The highest BCUT2D eigenvalue weighted by Gasteiger charge is 2.11. The van der Waals surface area contributed by atoms with Crippen molar-refractivity contribution in [3.05, 3.63) is 46.5 Å². The minimum Gasteiger partial charge on any atom is -0.493 e. The van der Waals surface area contributed by atoms with E-state index < -0.39 is 0 Å². The molecule has 0 atom stereocenters. The number of nitrogens with zero attached hydrogens (tertiary/aromatic N) is 2. The van der Waals surface area contributed by atoms with Gasteiger partial charge in [0.1, 0.15) is 5.75 Å². The molecular weight excluding hydrogens is 300 g/mol. The molecule has 4 heteroatoms. The fourth-order valence-electron chi connectivity index (χ4n) is 3.09. The predicted molar refractivity (Wildman–Crippen MR) is 98.8 cm³/mol. The summed E-state index contributed by atoms with van der Waals surface area (Å²) >= 11 is 0. The number of pyridine rings is 2. The van der Waals surface area contributed by atoms with Crippen molar-refractivity contribution in [1.29, 1.82) is 0 Å². The monoisotopic (exact) mass is 324 g/mol. The highest BCUT2D eigenvalue weighted by Crippen LogP contribution is 2.29. The van der Waals surface area contributed by atoms with Crippen LogP contribution < -0.4 is 10.3 Å². The molecule has 0 unspecified atom stereocenters. The van der Waals surface area contributed by atoms with Crippen molar-refractivity contribution in [2.45, 2.75) is 33.6 Å². The fraction of sp³-hybridized carbons (Fsp3) is 0.400. The zero-order valence-corrected chi connectivity index (χ0v) is 14.8. The summed E-state index contributed by atoms with van der Waals surface area (Å²) < 4.78 is 7.65. The first kappa shape index (κ1) is 16.5. The summed E-state index contributed by atoms with van der Waals surface area (Å²) in [5, 5.41) is 2.65. The lowest BCUT2D eigenvalue weighted by Gasteiger charge is -2.14. The van der Waals surface area contributed by atoms with Gasteiger partial charge in [0.25, 0.3) is 5.56 Å². The van der Waals surface area contributed by atoms with Gasteiger partial charge in [-0.25, -0.2) is 0 Å². The van der Waals surface area contributed by atoms with E-state index >= 15 is 0 Å². The Morgan fingerprint density at radius 1 is 1.21 bits per heavy atom. The van der Waals surface area contributed by atoms with Crippen LogP contribution in [-0.4, -0.2) is 16.2 Å². The third-order valence-electron chi connectivity index (χ3n) is 4.48. The summed E-state index contributed by atoms with van der Waals surface area (Å²) in [4.78, 5) is 16.6. The lowest BCUT2D eigenvalue weighted by atomic mass is 10.0. The summed E-state index contributed by atoms with van der Waals surface area (Å²) in [5.74, 6) is 1.54. The van der Waals surface area contributed by atoms with Gasteiger partial charge in [-0.05, 0) is 48.8 Å². The van der Waals surface area contributed by atoms with E-state index in [1.54, 1.807) is 24.0 Å². The molecule has 2 aromatic heterocycles. The van der Waals surface area contributed by atoms with Crippen LogP contribution in [0.2, 0.25) is 0 Å². The molecule has 0 spiro atoms. The van der Waals surface area contributed by atoms with Crippen LogP contribution in [0.3, 0.4) is 0 Å². The molecule has 3 aromatic rings. The fourth-order valence-corrected chi connectivity index (χ4v) is 3.09. The maximum Gasteiger partial charge on any atom is 0.260 e. The first-order valence-corrected chi connectivity index (χ1v) is 8.49. The van der Waals surface area contributed by atoms with Crippen molar-refractivity contribution in [3.63, 3.8) is 0 Å².